The number of para-hydroxylation sites is 2. The number of aromatic nitrogens is 2. The molecule has 1 fully saturated rings. The van der Waals surface area contributed by atoms with Crippen molar-refractivity contribution in [1.82, 2.24) is 14.9 Å². The molecule has 2 unspecified atom stereocenters. The number of rotatable bonds is 1. The summed E-state index contributed by atoms with van der Waals surface area (Å²) in [6.45, 7) is 4.28. The number of amides is 1. The van der Waals surface area contributed by atoms with Gasteiger partial charge in [0.1, 0.15) is 0 Å². The topological polar surface area (TPSA) is 46.1 Å². The zero-order valence-electron chi connectivity index (χ0n) is 14.1. The van der Waals surface area contributed by atoms with Gasteiger partial charge in [-0.2, -0.15) is 0 Å². The average Bonchev–Trinajstić information content (AvgIpc) is 2.59. The van der Waals surface area contributed by atoms with Crippen molar-refractivity contribution in [2.24, 2.45) is 0 Å². The third-order valence-corrected chi connectivity index (χ3v) is 5.01. The molecule has 4 nitrogen and oxygen atoms in total. The number of carbonyl (C=O) groups is 1. The van der Waals surface area contributed by atoms with E-state index in [1.165, 1.54) is 6.42 Å². The first-order valence-corrected chi connectivity index (χ1v) is 8.63. The molecule has 0 radical (unpaired) electrons. The molecule has 2 atom stereocenters. The standard InChI is InChI=1S/C20H21N3O/c1-13-6-5-7-14(2)23(13)20(24)15-10-11-18-19(12-15)22-17-9-4-3-8-16(17)21-18/h3-4,8-14H,5-7H2,1-2H3. The summed E-state index contributed by atoms with van der Waals surface area (Å²) < 4.78 is 0. The molecule has 0 N–H and O–H groups in total. The quantitative estimate of drug-likeness (QED) is 0.632. The lowest BCUT2D eigenvalue weighted by Crippen LogP contribution is -2.47. The van der Waals surface area contributed by atoms with E-state index in [0.717, 1.165) is 34.9 Å². The number of nitrogens with zero attached hydrogens (tertiary/aromatic N) is 3. The highest BCUT2D eigenvalue weighted by Gasteiger charge is 2.29. The Morgan fingerprint density at radius 3 is 2.17 bits per heavy atom. The van der Waals surface area contributed by atoms with Gasteiger partial charge in [-0.15, -0.1) is 0 Å². The van der Waals surface area contributed by atoms with Gasteiger partial charge in [-0.05, 0) is 63.4 Å². The molecule has 4 heteroatoms. The summed E-state index contributed by atoms with van der Waals surface area (Å²) in [4.78, 5) is 24.3. The van der Waals surface area contributed by atoms with E-state index in [1.807, 2.05) is 47.4 Å². The van der Waals surface area contributed by atoms with Crippen LogP contribution in [0.4, 0.5) is 0 Å². The van der Waals surface area contributed by atoms with Crippen LogP contribution in [0, 0.1) is 0 Å². The zero-order valence-corrected chi connectivity index (χ0v) is 14.1. The minimum atomic E-state index is 0.103. The van der Waals surface area contributed by atoms with E-state index in [2.05, 4.69) is 23.8 Å². The van der Waals surface area contributed by atoms with Crippen LogP contribution in [-0.2, 0) is 0 Å². The molecule has 1 aromatic heterocycles. The Kier molecular flexibility index (Phi) is 3.68. The molecule has 3 aromatic rings. The lowest BCUT2D eigenvalue weighted by Gasteiger charge is -2.39. The summed E-state index contributed by atoms with van der Waals surface area (Å²) >= 11 is 0. The van der Waals surface area contributed by atoms with E-state index in [4.69, 9.17) is 0 Å². The predicted molar refractivity (Wildman–Crippen MR) is 96.0 cm³/mol. The average molecular weight is 319 g/mol. The number of hydrogen-bond acceptors (Lipinski definition) is 3. The molecular formula is C20H21N3O. The molecule has 1 saturated heterocycles. The molecular weight excluding hydrogens is 298 g/mol. The summed E-state index contributed by atoms with van der Waals surface area (Å²) in [5.41, 5.74) is 4.03. The van der Waals surface area contributed by atoms with Crippen LogP contribution in [0.25, 0.3) is 22.1 Å². The van der Waals surface area contributed by atoms with Crippen molar-refractivity contribution in [2.45, 2.75) is 45.2 Å². The van der Waals surface area contributed by atoms with Crippen LogP contribution < -0.4 is 0 Å². The molecule has 122 valence electrons. The Labute approximate surface area is 141 Å². The van der Waals surface area contributed by atoms with Crippen LogP contribution in [0.3, 0.4) is 0 Å². The first-order valence-electron chi connectivity index (χ1n) is 8.63. The maximum atomic E-state index is 13.0. The van der Waals surface area contributed by atoms with Crippen LogP contribution in [0.1, 0.15) is 43.5 Å². The van der Waals surface area contributed by atoms with Crippen molar-refractivity contribution < 1.29 is 4.79 Å². The summed E-state index contributed by atoms with van der Waals surface area (Å²) in [6.07, 6.45) is 3.35. The van der Waals surface area contributed by atoms with Crippen LogP contribution in [0.5, 0.6) is 0 Å². The second-order valence-electron chi connectivity index (χ2n) is 6.76. The first-order chi connectivity index (χ1) is 11.6. The highest BCUT2D eigenvalue weighted by Crippen LogP contribution is 2.25. The molecule has 0 bridgehead atoms. The minimum absolute atomic E-state index is 0.103. The zero-order chi connectivity index (χ0) is 16.7. The third kappa shape index (κ3) is 2.52. The molecule has 0 saturated carbocycles. The molecule has 1 amide bonds. The van der Waals surface area contributed by atoms with Crippen molar-refractivity contribution in [3.05, 3.63) is 48.0 Å². The van der Waals surface area contributed by atoms with Gasteiger partial charge in [0, 0.05) is 17.6 Å². The number of likely N-dealkylation sites (tertiary alicyclic amines) is 1. The summed E-state index contributed by atoms with van der Waals surface area (Å²) in [7, 11) is 0. The highest BCUT2D eigenvalue weighted by molar-refractivity contribution is 5.98. The van der Waals surface area contributed by atoms with Gasteiger partial charge >= 0.3 is 0 Å². The van der Waals surface area contributed by atoms with Crippen molar-refractivity contribution in [3.63, 3.8) is 0 Å². The minimum Gasteiger partial charge on any atom is -0.333 e. The van der Waals surface area contributed by atoms with Gasteiger partial charge in [0.05, 0.1) is 22.1 Å². The number of piperidine rings is 1. The molecule has 0 aliphatic carbocycles. The first kappa shape index (κ1) is 15.1. The van der Waals surface area contributed by atoms with Crippen LogP contribution >= 0.6 is 0 Å². The number of benzene rings is 2. The highest BCUT2D eigenvalue weighted by atomic mass is 16.2. The number of fused-ring (bicyclic) bond motifs is 2. The van der Waals surface area contributed by atoms with Gasteiger partial charge in [0.2, 0.25) is 0 Å². The Morgan fingerprint density at radius 1 is 0.917 bits per heavy atom. The molecule has 24 heavy (non-hydrogen) atoms. The molecule has 2 heterocycles. The molecule has 1 aliphatic heterocycles. The fraction of sp³-hybridized carbons (Fsp3) is 0.350. The van der Waals surface area contributed by atoms with Crippen LogP contribution in [0.15, 0.2) is 42.5 Å². The Hall–Kier alpha value is -2.49. The van der Waals surface area contributed by atoms with E-state index < -0.39 is 0 Å². The van der Waals surface area contributed by atoms with Gasteiger partial charge in [0.15, 0.2) is 0 Å². The van der Waals surface area contributed by atoms with Crippen molar-refractivity contribution >= 4 is 28.0 Å². The van der Waals surface area contributed by atoms with Crippen molar-refractivity contribution in [1.29, 1.82) is 0 Å². The largest absolute Gasteiger partial charge is 0.333 e. The van der Waals surface area contributed by atoms with E-state index in [0.29, 0.717) is 17.6 Å². The SMILES string of the molecule is CC1CCCC(C)N1C(=O)c1ccc2nc3ccccc3nc2c1. The van der Waals surface area contributed by atoms with E-state index >= 15 is 0 Å². The Balaban J connectivity index is 1.76. The summed E-state index contributed by atoms with van der Waals surface area (Å²) in [5, 5.41) is 0. The van der Waals surface area contributed by atoms with Gasteiger partial charge in [-0.3, -0.25) is 4.79 Å². The summed E-state index contributed by atoms with van der Waals surface area (Å²) in [5.74, 6) is 0.103. The fourth-order valence-electron chi connectivity index (χ4n) is 3.72. The molecule has 4 rings (SSSR count). The molecule has 2 aromatic carbocycles. The molecule has 1 aliphatic rings. The number of carbonyl (C=O) groups excluding carboxylic acids is 1. The van der Waals surface area contributed by atoms with E-state index in [-0.39, 0.29) is 5.91 Å². The van der Waals surface area contributed by atoms with Gasteiger partial charge in [-0.1, -0.05) is 12.1 Å². The molecule has 0 spiro atoms. The predicted octanol–water partition coefficient (Wildman–Crippen LogP) is 4.19. The number of hydrogen-bond donors (Lipinski definition) is 0. The van der Waals surface area contributed by atoms with Gasteiger partial charge < -0.3 is 4.90 Å². The van der Waals surface area contributed by atoms with Crippen molar-refractivity contribution in [3.8, 4) is 0 Å². The van der Waals surface area contributed by atoms with Crippen LogP contribution in [-0.4, -0.2) is 32.9 Å². The maximum Gasteiger partial charge on any atom is 0.254 e. The fourth-order valence-corrected chi connectivity index (χ4v) is 3.72. The lowest BCUT2D eigenvalue weighted by atomic mass is 9.96. The van der Waals surface area contributed by atoms with E-state index in [9.17, 15) is 4.79 Å². The maximum absolute atomic E-state index is 13.0. The van der Waals surface area contributed by atoms with Crippen LogP contribution in [0.2, 0.25) is 0 Å². The van der Waals surface area contributed by atoms with Gasteiger partial charge in [0.25, 0.3) is 5.91 Å². The van der Waals surface area contributed by atoms with Crippen molar-refractivity contribution in [2.75, 3.05) is 0 Å². The van der Waals surface area contributed by atoms with Gasteiger partial charge in [-0.25, -0.2) is 9.97 Å². The van der Waals surface area contributed by atoms with E-state index in [1.54, 1.807) is 0 Å². The second kappa shape index (κ2) is 5.86. The Morgan fingerprint density at radius 2 is 1.50 bits per heavy atom. The Bertz CT molecular complexity index is 911. The third-order valence-electron chi connectivity index (χ3n) is 5.01. The second-order valence-corrected chi connectivity index (χ2v) is 6.76. The summed E-state index contributed by atoms with van der Waals surface area (Å²) in [6, 6.07) is 14.1. The monoisotopic (exact) mass is 319 g/mol. The lowest BCUT2D eigenvalue weighted by molar-refractivity contribution is 0.0511. The normalized spacial score (nSPS) is 21.3. The smallest absolute Gasteiger partial charge is 0.254 e.